The second-order valence-electron chi connectivity index (χ2n) is 6.15. The van der Waals surface area contributed by atoms with Gasteiger partial charge in [-0.05, 0) is 67.9 Å². The molecule has 0 radical (unpaired) electrons. The minimum atomic E-state index is 0.0327. The van der Waals surface area contributed by atoms with Gasteiger partial charge in [0.1, 0.15) is 0 Å². The SMILES string of the molecule is Cc1ccc(NC(=O)c2csc3c2CCC(C)C3)cc1C. The Labute approximate surface area is 130 Å². The number of benzene rings is 1. The van der Waals surface area contributed by atoms with Gasteiger partial charge in [-0.25, -0.2) is 0 Å². The Bertz CT molecular complexity index is 687. The Kier molecular flexibility index (Phi) is 3.85. The molecule has 2 aromatic rings. The van der Waals surface area contributed by atoms with Gasteiger partial charge in [0.25, 0.3) is 5.91 Å². The molecule has 0 spiro atoms. The Morgan fingerprint density at radius 1 is 1.29 bits per heavy atom. The van der Waals surface area contributed by atoms with Gasteiger partial charge >= 0.3 is 0 Å². The first-order chi connectivity index (χ1) is 10.0. The maximum Gasteiger partial charge on any atom is 0.256 e. The highest BCUT2D eigenvalue weighted by atomic mass is 32.1. The third-order valence-corrected chi connectivity index (χ3v) is 5.46. The largest absolute Gasteiger partial charge is 0.322 e. The van der Waals surface area contributed by atoms with E-state index in [2.05, 4.69) is 32.2 Å². The Hall–Kier alpha value is -1.61. The summed E-state index contributed by atoms with van der Waals surface area (Å²) in [4.78, 5) is 13.9. The van der Waals surface area contributed by atoms with Crippen LogP contribution in [0, 0.1) is 19.8 Å². The summed E-state index contributed by atoms with van der Waals surface area (Å²) in [6.45, 7) is 6.44. The van der Waals surface area contributed by atoms with Crippen LogP contribution in [0.2, 0.25) is 0 Å². The van der Waals surface area contributed by atoms with Crippen molar-refractivity contribution in [1.29, 1.82) is 0 Å². The lowest BCUT2D eigenvalue weighted by atomic mass is 9.88. The normalized spacial score (nSPS) is 17.4. The predicted molar refractivity (Wildman–Crippen MR) is 89.4 cm³/mol. The van der Waals surface area contributed by atoms with E-state index in [0.29, 0.717) is 0 Å². The summed E-state index contributed by atoms with van der Waals surface area (Å²) in [7, 11) is 0. The van der Waals surface area contributed by atoms with Crippen molar-refractivity contribution in [2.75, 3.05) is 5.32 Å². The summed E-state index contributed by atoms with van der Waals surface area (Å²) in [5.74, 6) is 0.775. The highest BCUT2D eigenvalue weighted by Gasteiger charge is 2.23. The van der Waals surface area contributed by atoms with Gasteiger partial charge in [-0.2, -0.15) is 0 Å². The smallest absolute Gasteiger partial charge is 0.256 e. The molecule has 0 bridgehead atoms. The van der Waals surface area contributed by atoms with E-state index in [1.54, 1.807) is 11.3 Å². The number of rotatable bonds is 2. The molecular weight excluding hydrogens is 278 g/mol. The number of hydrogen-bond donors (Lipinski definition) is 1. The van der Waals surface area contributed by atoms with E-state index in [1.165, 1.54) is 28.0 Å². The number of amides is 1. The zero-order valence-corrected chi connectivity index (χ0v) is 13.6. The molecule has 110 valence electrons. The van der Waals surface area contributed by atoms with Crippen LogP contribution in [0.1, 0.15) is 45.3 Å². The lowest BCUT2D eigenvalue weighted by Gasteiger charge is -2.18. The molecule has 1 aliphatic carbocycles. The van der Waals surface area contributed by atoms with Crippen LogP contribution < -0.4 is 5.32 Å². The van der Waals surface area contributed by atoms with Crippen molar-refractivity contribution < 1.29 is 4.79 Å². The summed E-state index contributed by atoms with van der Waals surface area (Å²) >= 11 is 1.74. The summed E-state index contributed by atoms with van der Waals surface area (Å²) in [5.41, 5.74) is 5.48. The summed E-state index contributed by atoms with van der Waals surface area (Å²) in [6.07, 6.45) is 3.35. The van der Waals surface area contributed by atoms with Gasteiger partial charge in [0, 0.05) is 15.9 Å². The Balaban J connectivity index is 1.81. The van der Waals surface area contributed by atoms with Crippen LogP contribution >= 0.6 is 11.3 Å². The lowest BCUT2D eigenvalue weighted by Crippen LogP contribution is -2.16. The van der Waals surface area contributed by atoms with Gasteiger partial charge in [0.05, 0.1) is 5.56 Å². The first-order valence-corrected chi connectivity index (χ1v) is 8.40. The van der Waals surface area contributed by atoms with Crippen LogP contribution in [-0.4, -0.2) is 5.91 Å². The van der Waals surface area contributed by atoms with Crippen LogP contribution in [-0.2, 0) is 12.8 Å². The molecular formula is C18H21NOS. The number of aryl methyl sites for hydroxylation is 2. The average molecular weight is 299 g/mol. The van der Waals surface area contributed by atoms with E-state index in [1.807, 2.05) is 17.5 Å². The molecule has 0 fully saturated rings. The van der Waals surface area contributed by atoms with Gasteiger partial charge in [0.15, 0.2) is 0 Å². The molecule has 0 aliphatic heterocycles. The first-order valence-electron chi connectivity index (χ1n) is 7.52. The molecule has 2 nitrogen and oxygen atoms in total. The van der Waals surface area contributed by atoms with Gasteiger partial charge in [-0.15, -0.1) is 11.3 Å². The number of thiophene rings is 1. The van der Waals surface area contributed by atoms with Gasteiger partial charge in [-0.3, -0.25) is 4.79 Å². The average Bonchev–Trinajstić information content (AvgIpc) is 2.85. The first kappa shape index (κ1) is 14.3. The molecule has 1 aromatic heterocycles. The topological polar surface area (TPSA) is 29.1 Å². The van der Waals surface area contributed by atoms with Gasteiger partial charge in [0.2, 0.25) is 0 Å². The Morgan fingerprint density at radius 3 is 2.86 bits per heavy atom. The molecule has 0 saturated heterocycles. The maximum atomic E-state index is 12.5. The number of carbonyl (C=O) groups is 1. The number of fused-ring (bicyclic) bond motifs is 1. The molecule has 1 atom stereocenters. The van der Waals surface area contributed by atoms with E-state index >= 15 is 0 Å². The van der Waals surface area contributed by atoms with Crippen molar-refractivity contribution in [3.63, 3.8) is 0 Å². The van der Waals surface area contributed by atoms with Crippen LogP contribution in [0.15, 0.2) is 23.6 Å². The molecule has 21 heavy (non-hydrogen) atoms. The fraction of sp³-hybridized carbons (Fsp3) is 0.389. The van der Waals surface area contributed by atoms with E-state index in [-0.39, 0.29) is 5.91 Å². The minimum Gasteiger partial charge on any atom is -0.322 e. The number of anilines is 1. The summed E-state index contributed by atoms with van der Waals surface area (Å²) in [6, 6.07) is 6.06. The molecule has 3 heteroatoms. The number of hydrogen-bond acceptors (Lipinski definition) is 2. The highest BCUT2D eigenvalue weighted by Crippen LogP contribution is 2.33. The highest BCUT2D eigenvalue weighted by molar-refractivity contribution is 7.10. The fourth-order valence-corrected chi connectivity index (χ4v) is 4.13. The van der Waals surface area contributed by atoms with E-state index in [9.17, 15) is 4.79 Å². The van der Waals surface area contributed by atoms with E-state index < -0.39 is 0 Å². The molecule has 1 unspecified atom stereocenters. The Morgan fingerprint density at radius 2 is 2.10 bits per heavy atom. The molecule has 1 aliphatic rings. The van der Waals surface area contributed by atoms with Crippen molar-refractivity contribution in [2.24, 2.45) is 5.92 Å². The maximum absolute atomic E-state index is 12.5. The van der Waals surface area contributed by atoms with Crippen molar-refractivity contribution in [3.8, 4) is 0 Å². The van der Waals surface area contributed by atoms with Gasteiger partial charge < -0.3 is 5.32 Å². The van der Waals surface area contributed by atoms with Crippen molar-refractivity contribution in [1.82, 2.24) is 0 Å². The second-order valence-corrected chi connectivity index (χ2v) is 7.12. The lowest BCUT2D eigenvalue weighted by molar-refractivity contribution is 0.102. The molecule has 1 amide bonds. The third-order valence-electron chi connectivity index (χ3n) is 4.41. The standard InChI is InChI=1S/C18H21NOS/c1-11-4-7-15-16(10-21-17(15)8-11)18(20)19-14-6-5-12(2)13(3)9-14/h5-6,9-11H,4,7-8H2,1-3H3,(H,19,20). The van der Waals surface area contributed by atoms with Gasteiger partial charge in [-0.1, -0.05) is 13.0 Å². The van der Waals surface area contributed by atoms with Crippen LogP contribution in [0.3, 0.4) is 0 Å². The molecule has 1 heterocycles. The molecule has 1 N–H and O–H groups in total. The minimum absolute atomic E-state index is 0.0327. The van der Waals surface area contributed by atoms with E-state index in [0.717, 1.165) is 30.0 Å². The van der Waals surface area contributed by atoms with Crippen molar-refractivity contribution in [2.45, 2.75) is 40.0 Å². The number of nitrogens with one attached hydrogen (secondary N) is 1. The zero-order chi connectivity index (χ0) is 15.0. The monoisotopic (exact) mass is 299 g/mol. The van der Waals surface area contributed by atoms with Crippen molar-refractivity contribution >= 4 is 22.9 Å². The van der Waals surface area contributed by atoms with E-state index in [4.69, 9.17) is 0 Å². The van der Waals surface area contributed by atoms with Crippen LogP contribution in [0.5, 0.6) is 0 Å². The second kappa shape index (κ2) is 5.64. The summed E-state index contributed by atoms with van der Waals surface area (Å²) in [5, 5.41) is 5.07. The zero-order valence-electron chi connectivity index (χ0n) is 12.8. The van der Waals surface area contributed by atoms with Crippen LogP contribution in [0.25, 0.3) is 0 Å². The third kappa shape index (κ3) is 2.88. The molecule has 3 rings (SSSR count). The summed E-state index contributed by atoms with van der Waals surface area (Å²) < 4.78 is 0. The van der Waals surface area contributed by atoms with Crippen molar-refractivity contribution in [3.05, 3.63) is 50.7 Å². The molecule has 1 aromatic carbocycles. The molecule has 0 saturated carbocycles. The fourth-order valence-electron chi connectivity index (χ4n) is 2.89. The predicted octanol–water partition coefficient (Wildman–Crippen LogP) is 4.74. The quantitative estimate of drug-likeness (QED) is 0.852. The van der Waals surface area contributed by atoms with Crippen LogP contribution in [0.4, 0.5) is 5.69 Å². The number of carbonyl (C=O) groups excluding carboxylic acids is 1.